The molecule has 0 saturated carbocycles. The van der Waals surface area contributed by atoms with E-state index in [1.165, 1.54) is 5.57 Å². The van der Waals surface area contributed by atoms with Crippen molar-refractivity contribution in [1.82, 2.24) is 0 Å². The molecule has 0 aromatic heterocycles. The van der Waals surface area contributed by atoms with Gasteiger partial charge in [0.1, 0.15) is 0 Å². The van der Waals surface area contributed by atoms with Crippen LogP contribution in [0.3, 0.4) is 0 Å². The van der Waals surface area contributed by atoms with Crippen molar-refractivity contribution in [3.8, 4) is 0 Å². The van der Waals surface area contributed by atoms with E-state index < -0.39 is 0 Å². The van der Waals surface area contributed by atoms with Crippen molar-refractivity contribution in [3.05, 3.63) is 22.8 Å². The van der Waals surface area contributed by atoms with Crippen LogP contribution in [0.4, 0.5) is 0 Å². The molecule has 0 radical (unpaired) electrons. The maximum absolute atomic E-state index is 2.45. The molecule has 0 bridgehead atoms. The molecule has 0 N–H and O–H groups in total. The van der Waals surface area contributed by atoms with E-state index in [4.69, 9.17) is 0 Å². The maximum atomic E-state index is 2.45. The summed E-state index contributed by atoms with van der Waals surface area (Å²) in [5.74, 6) is 0.692. The van der Waals surface area contributed by atoms with Gasteiger partial charge in [-0.15, -0.1) is 0 Å². The predicted octanol–water partition coefficient (Wildman–Crippen LogP) is 3.95. The van der Waals surface area contributed by atoms with Crippen molar-refractivity contribution < 1.29 is 0 Å². The van der Waals surface area contributed by atoms with Crippen molar-refractivity contribution in [2.75, 3.05) is 0 Å². The second-order valence-electron chi connectivity index (χ2n) is 6.11. The van der Waals surface area contributed by atoms with E-state index in [2.05, 4.69) is 47.6 Å². The van der Waals surface area contributed by atoms with E-state index >= 15 is 0 Å². The molecule has 0 aromatic rings. The highest BCUT2D eigenvalue weighted by molar-refractivity contribution is 5.65. The van der Waals surface area contributed by atoms with Crippen LogP contribution in [0.5, 0.6) is 0 Å². The molecule has 2 aliphatic rings. The van der Waals surface area contributed by atoms with E-state index in [1.54, 1.807) is 11.1 Å². The van der Waals surface area contributed by atoms with Gasteiger partial charge >= 0.3 is 0 Å². The molecule has 0 saturated heterocycles. The summed E-state index contributed by atoms with van der Waals surface area (Å²) in [4.78, 5) is 0. The Morgan fingerprint density at radius 1 is 1.23 bits per heavy atom. The quantitative estimate of drug-likeness (QED) is 0.524. The van der Waals surface area contributed by atoms with Crippen LogP contribution in [0.2, 0.25) is 0 Å². The summed E-state index contributed by atoms with van der Waals surface area (Å²) < 4.78 is 0. The Labute approximate surface area is 81.7 Å². The lowest BCUT2D eigenvalue weighted by atomic mass is 9.75. The summed E-state index contributed by atoms with van der Waals surface area (Å²) in [5.41, 5.74) is 5.70. The average Bonchev–Trinajstić information content (AvgIpc) is 2.35. The fourth-order valence-corrected chi connectivity index (χ4v) is 2.85. The molecule has 1 unspecified atom stereocenters. The zero-order chi connectivity index (χ0) is 10.0. The minimum atomic E-state index is 0.395. The molecule has 0 heterocycles. The van der Waals surface area contributed by atoms with Gasteiger partial charge in [-0.25, -0.2) is 0 Å². The third-order valence-electron chi connectivity index (χ3n) is 3.56. The molecule has 0 spiro atoms. The summed E-state index contributed by atoms with van der Waals surface area (Å²) in [6, 6.07) is 0. The molecule has 1 atom stereocenters. The monoisotopic (exact) mass is 176 g/mol. The fraction of sp³-hybridized carbons (Fsp3) is 0.692. The van der Waals surface area contributed by atoms with Gasteiger partial charge in [0, 0.05) is 11.3 Å². The van der Waals surface area contributed by atoms with Crippen molar-refractivity contribution in [2.24, 2.45) is 16.7 Å². The number of allylic oxidation sites excluding steroid dienone is 4. The third-order valence-corrected chi connectivity index (χ3v) is 3.56. The summed E-state index contributed by atoms with van der Waals surface area (Å²) in [5, 5.41) is 0. The molecule has 13 heavy (non-hydrogen) atoms. The molecular weight excluding hydrogens is 156 g/mol. The Morgan fingerprint density at radius 2 is 1.77 bits per heavy atom. The normalized spacial score (nSPS) is 30.3. The lowest BCUT2D eigenvalue weighted by Gasteiger charge is -2.29. The van der Waals surface area contributed by atoms with Gasteiger partial charge in [0.25, 0.3) is 0 Å². The largest absolute Gasteiger partial charge is 0.0735 e. The van der Waals surface area contributed by atoms with Crippen LogP contribution in [0, 0.1) is 16.7 Å². The van der Waals surface area contributed by atoms with Gasteiger partial charge in [-0.05, 0) is 23.5 Å². The molecule has 2 rings (SSSR count). The first-order valence-electron chi connectivity index (χ1n) is 5.20. The maximum Gasteiger partial charge on any atom is 0.0120 e. The Bertz CT molecular complexity index is 318. The Kier molecular flexibility index (Phi) is 1.46. The SMILES string of the molecule is CC1=CC(C(C)(C)C)C2=C1C2(C)C. The first-order valence-corrected chi connectivity index (χ1v) is 5.20. The van der Waals surface area contributed by atoms with Crippen molar-refractivity contribution in [2.45, 2.75) is 41.5 Å². The molecule has 2 aliphatic carbocycles. The number of hydrogen-bond acceptors (Lipinski definition) is 0. The molecule has 0 aromatic carbocycles. The Hall–Kier alpha value is -0.520. The van der Waals surface area contributed by atoms with E-state index in [1.807, 2.05) is 0 Å². The first kappa shape index (κ1) is 9.05. The second kappa shape index (κ2) is 2.10. The number of hydrogen-bond donors (Lipinski definition) is 0. The minimum absolute atomic E-state index is 0.395. The van der Waals surface area contributed by atoms with Crippen LogP contribution >= 0.6 is 0 Å². The van der Waals surface area contributed by atoms with E-state index in [0.29, 0.717) is 16.7 Å². The number of rotatable bonds is 0. The molecular formula is C13H20. The topological polar surface area (TPSA) is 0 Å². The fourth-order valence-electron chi connectivity index (χ4n) is 2.85. The first-order chi connectivity index (χ1) is 5.76. The van der Waals surface area contributed by atoms with Crippen molar-refractivity contribution >= 4 is 0 Å². The van der Waals surface area contributed by atoms with E-state index in [0.717, 1.165) is 0 Å². The molecule has 72 valence electrons. The smallest absolute Gasteiger partial charge is 0.0120 e. The van der Waals surface area contributed by atoms with Crippen LogP contribution in [0.25, 0.3) is 0 Å². The van der Waals surface area contributed by atoms with Crippen molar-refractivity contribution in [1.29, 1.82) is 0 Å². The minimum Gasteiger partial charge on any atom is -0.0735 e. The molecule has 0 nitrogen and oxygen atoms in total. The van der Waals surface area contributed by atoms with E-state index in [9.17, 15) is 0 Å². The Balaban J connectivity index is 2.35. The van der Waals surface area contributed by atoms with Crippen molar-refractivity contribution in [3.63, 3.8) is 0 Å². The highest BCUT2D eigenvalue weighted by Gasteiger charge is 2.54. The molecule has 0 amide bonds. The van der Waals surface area contributed by atoms with Gasteiger partial charge in [-0.3, -0.25) is 0 Å². The summed E-state index contributed by atoms with van der Waals surface area (Å²) in [6.45, 7) is 14.0. The Morgan fingerprint density at radius 3 is 2.00 bits per heavy atom. The van der Waals surface area contributed by atoms with Crippen LogP contribution in [0.15, 0.2) is 22.8 Å². The van der Waals surface area contributed by atoms with Gasteiger partial charge in [-0.2, -0.15) is 0 Å². The van der Waals surface area contributed by atoms with Crippen LogP contribution < -0.4 is 0 Å². The lowest BCUT2D eigenvalue weighted by molar-refractivity contribution is 0.320. The summed E-state index contributed by atoms with van der Waals surface area (Å²) in [6.07, 6.45) is 2.45. The third kappa shape index (κ3) is 1.04. The van der Waals surface area contributed by atoms with Gasteiger partial charge in [0.2, 0.25) is 0 Å². The zero-order valence-corrected chi connectivity index (χ0v) is 9.65. The van der Waals surface area contributed by atoms with Gasteiger partial charge < -0.3 is 0 Å². The van der Waals surface area contributed by atoms with Gasteiger partial charge in [0.15, 0.2) is 0 Å². The lowest BCUT2D eigenvalue weighted by Crippen LogP contribution is -2.20. The van der Waals surface area contributed by atoms with Crippen LogP contribution in [-0.4, -0.2) is 0 Å². The summed E-state index contributed by atoms with van der Waals surface area (Å²) in [7, 11) is 0. The van der Waals surface area contributed by atoms with Crippen LogP contribution in [-0.2, 0) is 0 Å². The van der Waals surface area contributed by atoms with E-state index in [-0.39, 0.29) is 0 Å². The highest BCUT2D eigenvalue weighted by Crippen LogP contribution is 2.65. The van der Waals surface area contributed by atoms with Crippen LogP contribution in [0.1, 0.15) is 41.5 Å². The highest BCUT2D eigenvalue weighted by atomic mass is 14.6. The second-order valence-corrected chi connectivity index (χ2v) is 6.11. The average molecular weight is 176 g/mol. The standard InChI is InChI=1S/C13H20/c1-8-7-9(12(2,3)4)11-10(8)13(11,5)6/h7,9H,1-6H3. The molecule has 0 aliphatic heterocycles. The van der Waals surface area contributed by atoms with Gasteiger partial charge in [0.05, 0.1) is 0 Å². The van der Waals surface area contributed by atoms with Gasteiger partial charge in [-0.1, -0.05) is 46.3 Å². The molecule has 0 heteroatoms. The molecule has 0 fully saturated rings. The summed E-state index contributed by atoms with van der Waals surface area (Å²) >= 11 is 0. The zero-order valence-electron chi connectivity index (χ0n) is 9.65. The predicted molar refractivity (Wildman–Crippen MR) is 57.5 cm³/mol.